The number of nitrogens with zero attached hydrogens (tertiary/aromatic N) is 4. The summed E-state index contributed by atoms with van der Waals surface area (Å²) in [6, 6.07) is 1.58. The van der Waals surface area contributed by atoms with E-state index in [4.69, 9.17) is 10.1 Å². The molecule has 1 N–H and O–H groups in total. The summed E-state index contributed by atoms with van der Waals surface area (Å²) in [5.74, 6) is -0.0841. The van der Waals surface area contributed by atoms with E-state index in [0.717, 1.165) is 0 Å². The van der Waals surface area contributed by atoms with Crippen molar-refractivity contribution in [3.8, 4) is 0 Å². The molecule has 0 aromatic carbocycles. The molecular weight excluding hydrogens is 198 g/mol. The molecule has 1 heterocycles. The quantitative estimate of drug-likeness (QED) is 0.458. The first kappa shape index (κ1) is 9.54. The van der Waals surface area contributed by atoms with Crippen molar-refractivity contribution in [3.05, 3.63) is 28.5 Å². The van der Waals surface area contributed by atoms with Gasteiger partial charge in [-0.15, -0.1) is 0 Å². The Morgan fingerprint density at radius 1 is 1.73 bits per heavy atom. The molecule has 0 atom stereocenters. The minimum absolute atomic E-state index is 0.00928. The lowest BCUT2D eigenvalue weighted by Gasteiger charge is -2.32. The number of azide groups is 1. The summed E-state index contributed by atoms with van der Waals surface area (Å²) in [7, 11) is 0. The Kier molecular flexibility index (Phi) is 2.55. The number of rotatable bonds is 3. The summed E-state index contributed by atoms with van der Waals surface area (Å²) in [6.45, 7) is 0. The van der Waals surface area contributed by atoms with Gasteiger partial charge < -0.3 is 9.84 Å². The Hall–Kier alpha value is -2.01. The maximum Gasteiger partial charge on any atom is 0.290 e. The SMILES string of the molecule is [N-]=[N+]=N[C@H]1C[C@H](NC(=O)c2ccno2)C1. The number of nitrogens with one attached hydrogen (secondary N) is 1. The average molecular weight is 207 g/mol. The zero-order chi connectivity index (χ0) is 10.7. The van der Waals surface area contributed by atoms with Gasteiger partial charge in [-0.3, -0.25) is 4.79 Å². The third-order valence-corrected chi connectivity index (χ3v) is 2.32. The second kappa shape index (κ2) is 4.02. The number of carbonyl (C=O) groups is 1. The molecule has 7 heteroatoms. The highest BCUT2D eigenvalue weighted by Gasteiger charge is 2.30. The molecule has 2 rings (SSSR count). The third kappa shape index (κ3) is 2.08. The van der Waals surface area contributed by atoms with Crippen molar-refractivity contribution in [1.29, 1.82) is 0 Å². The Bertz CT molecular complexity index is 389. The minimum atomic E-state index is -0.281. The van der Waals surface area contributed by atoms with Crippen LogP contribution in [-0.2, 0) is 0 Å². The molecule has 7 nitrogen and oxygen atoms in total. The molecule has 1 aromatic rings. The van der Waals surface area contributed by atoms with E-state index in [9.17, 15) is 4.79 Å². The van der Waals surface area contributed by atoms with Gasteiger partial charge in [0, 0.05) is 23.1 Å². The molecule has 0 radical (unpaired) electrons. The molecule has 0 aliphatic heterocycles. The molecule has 15 heavy (non-hydrogen) atoms. The first-order chi connectivity index (χ1) is 7.29. The van der Waals surface area contributed by atoms with Crippen molar-refractivity contribution in [2.45, 2.75) is 24.9 Å². The predicted molar refractivity (Wildman–Crippen MR) is 49.9 cm³/mol. The van der Waals surface area contributed by atoms with Gasteiger partial charge in [0.2, 0.25) is 5.76 Å². The monoisotopic (exact) mass is 207 g/mol. The fraction of sp³-hybridized carbons (Fsp3) is 0.500. The molecule has 1 fully saturated rings. The number of aromatic nitrogens is 1. The van der Waals surface area contributed by atoms with Crippen molar-refractivity contribution in [1.82, 2.24) is 10.5 Å². The Balaban J connectivity index is 1.80. The largest absolute Gasteiger partial charge is 0.351 e. The van der Waals surface area contributed by atoms with E-state index in [0.29, 0.717) is 12.8 Å². The van der Waals surface area contributed by atoms with Crippen molar-refractivity contribution in [2.24, 2.45) is 5.11 Å². The standard InChI is InChI=1S/C8H9N5O2/c9-13-12-6-3-5(4-6)11-8(14)7-1-2-10-15-7/h1-2,5-6H,3-4H2,(H,11,14)/t5-,6-. The van der Waals surface area contributed by atoms with Crippen molar-refractivity contribution in [3.63, 3.8) is 0 Å². The number of hydrogen-bond donors (Lipinski definition) is 1. The summed E-state index contributed by atoms with van der Waals surface area (Å²) in [6.07, 6.45) is 2.78. The number of hydrogen-bond acceptors (Lipinski definition) is 4. The maximum atomic E-state index is 11.4. The molecular formula is C8H9N5O2. The van der Waals surface area contributed by atoms with Crippen molar-refractivity contribution < 1.29 is 9.32 Å². The highest BCUT2D eigenvalue weighted by molar-refractivity contribution is 5.91. The number of amides is 1. The maximum absolute atomic E-state index is 11.4. The van der Waals surface area contributed by atoms with Crippen LogP contribution in [0.5, 0.6) is 0 Å². The molecule has 1 aromatic heterocycles. The topological polar surface area (TPSA) is 104 Å². The van der Waals surface area contributed by atoms with Crippen molar-refractivity contribution >= 4 is 5.91 Å². The summed E-state index contributed by atoms with van der Waals surface area (Å²) < 4.78 is 4.70. The van der Waals surface area contributed by atoms with Crippen LogP contribution in [0, 0.1) is 0 Å². The summed E-state index contributed by atoms with van der Waals surface area (Å²) in [5.41, 5.74) is 8.17. The lowest BCUT2D eigenvalue weighted by molar-refractivity contribution is 0.0872. The molecule has 1 aliphatic carbocycles. The molecule has 0 bridgehead atoms. The second-order valence-corrected chi connectivity index (χ2v) is 3.38. The molecule has 78 valence electrons. The first-order valence-electron chi connectivity index (χ1n) is 4.55. The molecule has 0 saturated heterocycles. The highest BCUT2D eigenvalue weighted by atomic mass is 16.5. The van der Waals surface area contributed by atoms with Crippen LogP contribution >= 0.6 is 0 Å². The van der Waals surface area contributed by atoms with E-state index < -0.39 is 0 Å². The third-order valence-electron chi connectivity index (χ3n) is 2.32. The lowest BCUT2D eigenvalue weighted by Crippen LogP contribution is -2.45. The van der Waals surface area contributed by atoms with Gasteiger partial charge >= 0.3 is 0 Å². The van der Waals surface area contributed by atoms with E-state index in [-0.39, 0.29) is 23.8 Å². The zero-order valence-corrected chi connectivity index (χ0v) is 7.83. The van der Waals surface area contributed by atoms with E-state index in [1.54, 1.807) is 0 Å². The van der Waals surface area contributed by atoms with E-state index in [1.807, 2.05) is 0 Å². The molecule has 1 aliphatic rings. The summed E-state index contributed by atoms with van der Waals surface area (Å²) in [5, 5.41) is 9.73. The lowest BCUT2D eigenvalue weighted by atomic mass is 9.87. The van der Waals surface area contributed by atoms with Gasteiger partial charge in [0.25, 0.3) is 5.91 Å². The highest BCUT2D eigenvalue weighted by Crippen LogP contribution is 2.23. The van der Waals surface area contributed by atoms with E-state index >= 15 is 0 Å². The molecule has 1 amide bonds. The van der Waals surface area contributed by atoms with Crippen LogP contribution in [0.25, 0.3) is 10.4 Å². The molecule has 0 spiro atoms. The predicted octanol–water partition coefficient (Wildman–Crippen LogP) is 1.25. The van der Waals surface area contributed by atoms with Crippen LogP contribution in [0.2, 0.25) is 0 Å². The van der Waals surface area contributed by atoms with Crippen LogP contribution < -0.4 is 5.32 Å². The van der Waals surface area contributed by atoms with Crippen molar-refractivity contribution in [2.75, 3.05) is 0 Å². The van der Waals surface area contributed by atoms with Crippen LogP contribution in [0.3, 0.4) is 0 Å². The Labute approximate surface area is 85.1 Å². The Morgan fingerprint density at radius 3 is 3.13 bits per heavy atom. The van der Waals surface area contributed by atoms with E-state index in [2.05, 4.69) is 20.5 Å². The van der Waals surface area contributed by atoms with Crippen LogP contribution in [0.4, 0.5) is 0 Å². The average Bonchev–Trinajstić information content (AvgIpc) is 2.67. The number of carbonyl (C=O) groups excluding carboxylic acids is 1. The summed E-state index contributed by atoms with van der Waals surface area (Å²) in [4.78, 5) is 14.1. The zero-order valence-electron chi connectivity index (χ0n) is 7.83. The molecule has 1 saturated carbocycles. The van der Waals surface area contributed by atoms with Crippen LogP contribution in [0.15, 0.2) is 21.9 Å². The van der Waals surface area contributed by atoms with Gasteiger partial charge in [0.1, 0.15) is 0 Å². The minimum Gasteiger partial charge on any atom is -0.351 e. The van der Waals surface area contributed by atoms with Gasteiger partial charge in [-0.1, -0.05) is 10.3 Å². The van der Waals surface area contributed by atoms with Gasteiger partial charge in [-0.05, 0) is 18.4 Å². The van der Waals surface area contributed by atoms with Gasteiger partial charge in [-0.2, -0.15) is 0 Å². The van der Waals surface area contributed by atoms with Crippen LogP contribution in [0.1, 0.15) is 23.4 Å². The smallest absolute Gasteiger partial charge is 0.290 e. The summed E-state index contributed by atoms with van der Waals surface area (Å²) >= 11 is 0. The molecule has 0 unspecified atom stereocenters. The van der Waals surface area contributed by atoms with Crippen LogP contribution in [-0.4, -0.2) is 23.1 Å². The second-order valence-electron chi connectivity index (χ2n) is 3.38. The van der Waals surface area contributed by atoms with Gasteiger partial charge in [0.15, 0.2) is 0 Å². The fourth-order valence-electron chi connectivity index (χ4n) is 1.46. The van der Waals surface area contributed by atoms with Gasteiger partial charge in [0.05, 0.1) is 6.20 Å². The van der Waals surface area contributed by atoms with Gasteiger partial charge in [-0.25, -0.2) is 0 Å². The normalized spacial score (nSPS) is 23.7. The Morgan fingerprint density at radius 2 is 2.53 bits per heavy atom. The van der Waals surface area contributed by atoms with E-state index in [1.165, 1.54) is 12.3 Å². The fourth-order valence-corrected chi connectivity index (χ4v) is 1.46. The first-order valence-corrected chi connectivity index (χ1v) is 4.55.